The molecule has 0 amide bonds. The van der Waals surface area contributed by atoms with Crippen molar-refractivity contribution < 1.29 is 4.79 Å². The van der Waals surface area contributed by atoms with E-state index in [4.69, 9.17) is 23.2 Å². The molecule has 1 unspecified atom stereocenters. The van der Waals surface area contributed by atoms with Crippen molar-refractivity contribution >= 4 is 34.5 Å². The first-order valence-corrected chi connectivity index (χ1v) is 4.58. The lowest BCUT2D eigenvalue weighted by atomic mass is 10.2. The second-order valence-electron chi connectivity index (χ2n) is 2.48. The predicted molar refractivity (Wildman–Crippen MR) is 56.0 cm³/mol. The van der Waals surface area contributed by atoms with Crippen LogP contribution < -0.4 is 0 Å². The first-order valence-electron chi connectivity index (χ1n) is 3.77. The van der Waals surface area contributed by atoms with Crippen LogP contribution in [0.4, 0.5) is 0 Å². The molecule has 0 aliphatic carbocycles. The Balaban J connectivity index is 2.64. The first-order chi connectivity index (χ1) is 6.20. The topological polar surface area (TPSA) is 17.1 Å². The molecule has 1 atom stereocenters. The van der Waals surface area contributed by atoms with Gasteiger partial charge in [-0.25, -0.2) is 0 Å². The van der Waals surface area contributed by atoms with Gasteiger partial charge in [-0.05, 0) is 17.2 Å². The van der Waals surface area contributed by atoms with Crippen molar-refractivity contribution in [1.82, 2.24) is 0 Å². The van der Waals surface area contributed by atoms with Gasteiger partial charge in [0.2, 0.25) is 5.24 Å². The molecule has 13 heavy (non-hydrogen) atoms. The minimum atomic E-state index is -0.748. The summed E-state index contributed by atoms with van der Waals surface area (Å²) >= 11 is 10.8. The van der Waals surface area contributed by atoms with Crippen LogP contribution in [0.15, 0.2) is 36.4 Å². The van der Waals surface area contributed by atoms with Gasteiger partial charge in [0.25, 0.3) is 0 Å². The van der Waals surface area contributed by atoms with Crippen LogP contribution in [0.2, 0.25) is 0 Å². The zero-order chi connectivity index (χ0) is 9.68. The highest BCUT2D eigenvalue weighted by atomic mass is 35.5. The summed E-state index contributed by atoms with van der Waals surface area (Å²) in [6, 6.07) is 9.57. The molecule has 0 aliphatic heterocycles. The molecule has 68 valence electrons. The van der Waals surface area contributed by atoms with Crippen molar-refractivity contribution in [1.29, 1.82) is 0 Å². The van der Waals surface area contributed by atoms with Gasteiger partial charge in [-0.15, -0.1) is 11.6 Å². The molecule has 0 spiro atoms. The van der Waals surface area contributed by atoms with Gasteiger partial charge < -0.3 is 0 Å². The predicted octanol–water partition coefficient (Wildman–Crippen LogP) is 3.07. The largest absolute Gasteiger partial charge is 0.279 e. The Morgan fingerprint density at radius 1 is 1.31 bits per heavy atom. The lowest BCUT2D eigenvalue weighted by Gasteiger charge is -1.94. The molecule has 1 nitrogen and oxygen atoms in total. The molecule has 0 aromatic heterocycles. The standard InChI is InChI=1S/C10H8Cl2O/c11-9(10(12)13)7-6-8-4-2-1-3-5-8/h1-7,9H/b7-6+. The van der Waals surface area contributed by atoms with Gasteiger partial charge in [0, 0.05) is 0 Å². The highest BCUT2D eigenvalue weighted by Gasteiger charge is 2.06. The quantitative estimate of drug-likeness (QED) is 0.559. The lowest BCUT2D eigenvalue weighted by molar-refractivity contribution is -0.110. The fraction of sp³-hybridized carbons (Fsp3) is 0.100. The van der Waals surface area contributed by atoms with Crippen molar-refractivity contribution in [2.75, 3.05) is 0 Å². The lowest BCUT2D eigenvalue weighted by Crippen LogP contribution is -2.02. The Bertz CT molecular complexity index is 306. The van der Waals surface area contributed by atoms with Crippen LogP contribution in [0.1, 0.15) is 5.56 Å². The van der Waals surface area contributed by atoms with Crippen molar-refractivity contribution in [2.24, 2.45) is 0 Å². The van der Waals surface area contributed by atoms with Crippen LogP contribution >= 0.6 is 23.2 Å². The van der Waals surface area contributed by atoms with Gasteiger partial charge in [0.05, 0.1) is 0 Å². The zero-order valence-electron chi connectivity index (χ0n) is 6.78. The number of carbonyl (C=O) groups is 1. The van der Waals surface area contributed by atoms with E-state index in [-0.39, 0.29) is 0 Å². The summed E-state index contributed by atoms with van der Waals surface area (Å²) in [6.45, 7) is 0. The summed E-state index contributed by atoms with van der Waals surface area (Å²) in [7, 11) is 0. The maximum absolute atomic E-state index is 10.5. The summed E-state index contributed by atoms with van der Waals surface area (Å²) in [5.74, 6) is 0. The van der Waals surface area contributed by atoms with E-state index in [1.807, 2.05) is 30.3 Å². The van der Waals surface area contributed by atoms with Gasteiger partial charge in [-0.2, -0.15) is 0 Å². The molecule has 0 N–H and O–H groups in total. The fourth-order valence-corrected chi connectivity index (χ4v) is 0.981. The Kier molecular flexibility index (Phi) is 4.00. The number of halogens is 2. The molecular formula is C10H8Cl2O. The smallest absolute Gasteiger partial charge is 0.243 e. The van der Waals surface area contributed by atoms with Crippen LogP contribution in [0.5, 0.6) is 0 Å². The summed E-state index contributed by atoms with van der Waals surface area (Å²) in [6.07, 6.45) is 3.32. The van der Waals surface area contributed by atoms with Gasteiger partial charge in [-0.3, -0.25) is 4.79 Å². The third-order valence-electron chi connectivity index (χ3n) is 1.47. The average molecular weight is 215 g/mol. The summed E-state index contributed by atoms with van der Waals surface area (Å²) in [5, 5.41) is -1.31. The number of rotatable bonds is 3. The van der Waals surface area contributed by atoms with Gasteiger partial charge in [-0.1, -0.05) is 42.5 Å². The molecule has 1 aromatic rings. The number of carbonyl (C=O) groups excluding carboxylic acids is 1. The van der Waals surface area contributed by atoms with E-state index >= 15 is 0 Å². The maximum atomic E-state index is 10.5. The van der Waals surface area contributed by atoms with Crippen LogP contribution in [0.3, 0.4) is 0 Å². The second-order valence-corrected chi connectivity index (χ2v) is 3.32. The fourth-order valence-electron chi connectivity index (χ4n) is 0.835. The molecule has 0 heterocycles. The maximum Gasteiger partial charge on any atom is 0.243 e. The number of benzene rings is 1. The third kappa shape index (κ3) is 3.62. The molecule has 0 saturated heterocycles. The van der Waals surface area contributed by atoms with E-state index in [1.54, 1.807) is 12.2 Å². The second kappa shape index (κ2) is 5.05. The molecule has 3 heteroatoms. The van der Waals surface area contributed by atoms with E-state index in [9.17, 15) is 4.79 Å². The Morgan fingerprint density at radius 3 is 2.46 bits per heavy atom. The third-order valence-corrected chi connectivity index (χ3v) is 2.16. The molecule has 0 radical (unpaired) electrons. The van der Waals surface area contributed by atoms with E-state index < -0.39 is 10.6 Å². The number of hydrogen-bond donors (Lipinski definition) is 0. The monoisotopic (exact) mass is 214 g/mol. The Labute approximate surface area is 87.0 Å². The average Bonchev–Trinajstić information content (AvgIpc) is 2.15. The van der Waals surface area contributed by atoms with Crippen molar-refractivity contribution in [2.45, 2.75) is 5.38 Å². The summed E-state index contributed by atoms with van der Waals surface area (Å²) < 4.78 is 0. The minimum Gasteiger partial charge on any atom is -0.279 e. The van der Waals surface area contributed by atoms with Crippen molar-refractivity contribution in [3.05, 3.63) is 42.0 Å². The zero-order valence-corrected chi connectivity index (χ0v) is 8.29. The Morgan fingerprint density at radius 2 is 1.92 bits per heavy atom. The number of allylic oxidation sites excluding steroid dienone is 1. The highest BCUT2D eigenvalue weighted by molar-refractivity contribution is 6.69. The molecule has 0 fully saturated rings. The number of alkyl halides is 1. The van der Waals surface area contributed by atoms with E-state index in [0.717, 1.165) is 5.56 Å². The molecular weight excluding hydrogens is 207 g/mol. The van der Waals surface area contributed by atoms with Crippen LogP contribution in [0.25, 0.3) is 6.08 Å². The SMILES string of the molecule is O=C(Cl)C(Cl)/C=C/c1ccccc1. The molecule has 0 saturated carbocycles. The molecule has 1 aromatic carbocycles. The molecule has 1 rings (SSSR count). The van der Waals surface area contributed by atoms with E-state index in [0.29, 0.717) is 0 Å². The highest BCUT2D eigenvalue weighted by Crippen LogP contribution is 2.07. The molecule has 0 bridgehead atoms. The van der Waals surface area contributed by atoms with E-state index in [2.05, 4.69) is 0 Å². The molecule has 0 aliphatic rings. The van der Waals surface area contributed by atoms with Crippen LogP contribution in [0, 0.1) is 0 Å². The number of hydrogen-bond acceptors (Lipinski definition) is 1. The van der Waals surface area contributed by atoms with Crippen LogP contribution in [-0.4, -0.2) is 10.6 Å². The van der Waals surface area contributed by atoms with Gasteiger partial charge >= 0.3 is 0 Å². The Hall–Kier alpha value is -0.790. The van der Waals surface area contributed by atoms with Crippen molar-refractivity contribution in [3.63, 3.8) is 0 Å². The van der Waals surface area contributed by atoms with Crippen molar-refractivity contribution in [3.8, 4) is 0 Å². The van der Waals surface area contributed by atoms with E-state index in [1.165, 1.54) is 0 Å². The normalized spacial score (nSPS) is 13.1. The summed E-state index contributed by atoms with van der Waals surface area (Å²) in [4.78, 5) is 10.5. The van der Waals surface area contributed by atoms with Gasteiger partial charge in [0.1, 0.15) is 5.38 Å². The first kappa shape index (κ1) is 10.3. The van der Waals surface area contributed by atoms with Gasteiger partial charge in [0.15, 0.2) is 0 Å². The minimum absolute atomic E-state index is 0.561. The summed E-state index contributed by atoms with van der Waals surface area (Å²) in [5.41, 5.74) is 0.992. The van der Waals surface area contributed by atoms with Crippen LogP contribution in [-0.2, 0) is 4.79 Å².